The SMILES string of the molecule is CN(C)CCN1C(CC#N)C(=O)N(C)CCC1(C)C. The second kappa shape index (κ2) is 6.36. The lowest BCUT2D eigenvalue weighted by atomic mass is 9.96. The molecule has 1 atom stereocenters. The van der Waals surface area contributed by atoms with Crippen LogP contribution in [0.1, 0.15) is 26.7 Å². The molecular weight excluding hydrogens is 240 g/mol. The van der Waals surface area contributed by atoms with Crippen molar-refractivity contribution in [2.24, 2.45) is 0 Å². The third kappa shape index (κ3) is 3.92. The number of hydrogen-bond acceptors (Lipinski definition) is 4. The van der Waals surface area contributed by atoms with E-state index in [2.05, 4.69) is 29.7 Å². The van der Waals surface area contributed by atoms with E-state index in [1.807, 2.05) is 21.1 Å². The number of amides is 1. The monoisotopic (exact) mass is 266 g/mol. The van der Waals surface area contributed by atoms with Gasteiger partial charge in [-0.2, -0.15) is 5.26 Å². The number of carbonyl (C=O) groups excluding carboxylic acids is 1. The van der Waals surface area contributed by atoms with Gasteiger partial charge in [0.25, 0.3) is 0 Å². The fraction of sp³-hybridized carbons (Fsp3) is 0.857. The van der Waals surface area contributed by atoms with Crippen LogP contribution in [-0.4, -0.2) is 73.0 Å². The summed E-state index contributed by atoms with van der Waals surface area (Å²) in [5, 5.41) is 9.02. The maximum Gasteiger partial charge on any atom is 0.240 e. The molecule has 0 aliphatic carbocycles. The van der Waals surface area contributed by atoms with Gasteiger partial charge in [0, 0.05) is 32.2 Å². The predicted molar refractivity (Wildman–Crippen MR) is 75.6 cm³/mol. The predicted octanol–water partition coefficient (Wildman–Crippen LogP) is 0.773. The second-order valence-corrected chi connectivity index (χ2v) is 6.20. The Morgan fingerprint density at radius 1 is 1.47 bits per heavy atom. The summed E-state index contributed by atoms with van der Waals surface area (Å²) in [6, 6.07) is 1.86. The standard InChI is InChI=1S/C14H26N4O/c1-14(2)7-9-17(5)13(19)12(6-8-15)18(14)11-10-16(3)4/h12H,6-7,9-11H2,1-5H3. The van der Waals surface area contributed by atoms with Gasteiger partial charge in [-0.15, -0.1) is 0 Å². The number of hydrogen-bond donors (Lipinski definition) is 0. The lowest BCUT2D eigenvalue weighted by Crippen LogP contribution is -2.54. The van der Waals surface area contributed by atoms with E-state index in [-0.39, 0.29) is 23.9 Å². The Morgan fingerprint density at radius 2 is 2.11 bits per heavy atom. The van der Waals surface area contributed by atoms with Crippen molar-refractivity contribution < 1.29 is 4.79 Å². The molecular formula is C14H26N4O. The summed E-state index contributed by atoms with van der Waals surface area (Å²) in [6.45, 7) is 6.79. The van der Waals surface area contributed by atoms with Crippen molar-refractivity contribution in [3.05, 3.63) is 0 Å². The molecule has 1 saturated heterocycles. The molecule has 0 aromatic heterocycles. The number of likely N-dealkylation sites (N-methyl/N-ethyl adjacent to an activating group) is 2. The highest BCUT2D eigenvalue weighted by molar-refractivity contribution is 5.82. The normalized spacial score (nSPS) is 24.4. The first-order chi connectivity index (χ1) is 8.79. The molecule has 5 heteroatoms. The van der Waals surface area contributed by atoms with Crippen LogP contribution in [0.3, 0.4) is 0 Å². The third-order valence-corrected chi connectivity index (χ3v) is 3.95. The van der Waals surface area contributed by atoms with E-state index >= 15 is 0 Å². The minimum atomic E-state index is -0.313. The molecule has 1 amide bonds. The smallest absolute Gasteiger partial charge is 0.240 e. The molecule has 0 aromatic rings. The van der Waals surface area contributed by atoms with Crippen molar-refractivity contribution in [3.63, 3.8) is 0 Å². The lowest BCUT2D eigenvalue weighted by Gasteiger charge is -2.40. The maximum absolute atomic E-state index is 12.4. The Hall–Kier alpha value is -1.12. The van der Waals surface area contributed by atoms with Crippen LogP contribution >= 0.6 is 0 Å². The van der Waals surface area contributed by atoms with Crippen molar-refractivity contribution in [2.75, 3.05) is 40.8 Å². The van der Waals surface area contributed by atoms with Gasteiger partial charge in [-0.1, -0.05) is 0 Å². The molecule has 108 valence electrons. The Kier molecular flexibility index (Phi) is 5.33. The molecule has 19 heavy (non-hydrogen) atoms. The summed E-state index contributed by atoms with van der Waals surface area (Å²) in [4.78, 5) is 18.5. The Labute approximate surface area is 116 Å². The molecule has 0 saturated carbocycles. The fourth-order valence-corrected chi connectivity index (χ4v) is 2.55. The average molecular weight is 266 g/mol. The zero-order valence-electron chi connectivity index (χ0n) is 12.8. The lowest BCUT2D eigenvalue weighted by molar-refractivity contribution is -0.135. The molecule has 1 unspecified atom stereocenters. The van der Waals surface area contributed by atoms with E-state index < -0.39 is 0 Å². The largest absolute Gasteiger partial charge is 0.344 e. The molecule has 1 aliphatic heterocycles. The van der Waals surface area contributed by atoms with Gasteiger partial charge < -0.3 is 9.80 Å². The number of nitriles is 1. The van der Waals surface area contributed by atoms with Gasteiger partial charge in [-0.3, -0.25) is 9.69 Å². The highest BCUT2D eigenvalue weighted by Gasteiger charge is 2.40. The van der Waals surface area contributed by atoms with Crippen LogP contribution in [-0.2, 0) is 4.79 Å². The molecule has 0 radical (unpaired) electrons. The van der Waals surface area contributed by atoms with Crippen molar-refractivity contribution in [2.45, 2.75) is 38.3 Å². The summed E-state index contributed by atoms with van der Waals surface area (Å²) in [6.07, 6.45) is 1.20. The van der Waals surface area contributed by atoms with Crippen LogP contribution in [0.4, 0.5) is 0 Å². The number of rotatable bonds is 4. The average Bonchev–Trinajstić information content (AvgIpc) is 2.39. The molecule has 0 N–H and O–H groups in total. The summed E-state index contributed by atoms with van der Waals surface area (Å²) >= 11 is 0. The van der Waals surface area contributed by atoms with Crippen LogP contribution in [0, 0.1) is 11.3 Å². The van der Waals surface area contributed by atoms with Gasteiger partial charge in [-0.25, -0.2) is 0 Å². The Bertz CT molecular complexity index is 359. The summed E-state index contributed by atoms with van der Waals surface area (Å²) < 4.78 is 0. The maximum atomic E-state index is 12.4. The van der Waals surface area contributed by atoms with E-state index in [1.54, 1.807) is 4.90 Å². The Balaban J connectivity index is 2.99. The Morgan fingerprint density at radius 3 is 2.63 bits per heavy atom. The van der Waals surface area contributed by atoms with Crippen LogP contribution in [0.5, 0.6) is 0 Å². The van der Waals surface area contributed by atoms with Gasteiger partial charge in [0.15, 0.2) is 0 Å². The molecule has 0 aromatic carbocycles. The van der Waals surface area contributed by atoms with E-state index in [0.717, 1.165) is 26.1 Å². The zero-order chi connectivity index (χ0) is 14.6. The van der Waals surface area contributed by atoms with Crippen LogP contribution in [0.25, 0.3) is 0 Å². The van der Waals surface area contributed by atoms with Crippen molar-refractivity contribution in [1.29, 1.82) is 5.26 Å². The first kappa shape index (κ1) is 15.9. The van der Waals surface area contributed by atoms with Crippen LogP contribution < -0.4 is 0 Å². The molecule has 1 aliphatic rings. The molecule has 1 fully saturated rings. The number of carbonyl (C=O) groups is 1. The topological polar surface area (TPSA) is 50.6 Å². The van der Waals surface area contributed by atoms with Crippen molar-refractivity contribution >= 4 is 5.91 Å². The molecule has 0 bridgehead atoms. The van der Waals surface area contributed by atoms with E-state index in [0.29, 0.717) is 0 Å². The van der Waals surface area contributed by atoms with E-state index in [9.17, 15) is 4.79 Å². The summed E-state index contributed by atoms with van der Waals surface area (Å²) in [5.74, 6) is 0.0749. The molecule has 1 rings (SSSR count). The number of nitrogens with zero attached hydrogens (tertiary/aromatic N) is 4. The molecule has 0 spiro atoms. The van der Waals surface area contributed by atoms with Crippen molar-refractivity contribution in [3.8, 4) is 6.07 Å². The van der Waals surface area contributed by atoms with Crippen molar-refractivity contribution in [1.82, 2.24) is 14.7 Å². The van der Waals surface area contributed by atoms with Gasteiger partial charge >= 0.3 is 0 Å². The molecule has 1 heterocycles. The zero-order valence-corrected chi connectivity index (χ0v) is 12.8. The van der Waals surface area contributed by atoms with Crippen LogP contribution in [0.2, 0.25) is 0 Å². The van der Waals surface area contributed by atoms with Gasteiger partial charge in [0.2, 0.25) is 5.91 Å². The van der Waals surface area contributed by atoms with E-state index in [1.165, 1.54) is 0 Å². The fourth-order valence-electron chi connectivity index (χ4n) is 2.55. The second-order valence-electron chi connectivity index (χ2n) is 6.20. The van der Waals surface area contributed by atoms with Crippen LogP contribution in [0.15, 0.2) is 0 Å². The van der Waals surface area contributed by atoms with E-state index in [4.69, 9.17) is 5.26 Å². The first-order valence-electron chi connectivity index (χ1n) is 6.83. The molecule has 5 nitrogen and oxygen atoms in total. The highest BCUT2D eigenvalue weighted by atomic mass is 16.2. The quantitative estimate of drug-likeness (QED) is 0.754. The van der Waals surface area contributed by atoms with Gasteiger partial charge in [0.05, 0.1) is 12.5 Å². The highest BCUT2D eigenvalue weighted by Crippen LogP contribution is 2.27. The third-order valence-electron chi connectivity index (χ3n) is 3.95. The summed E-state index contributed by atoms with van der Waals surface area (Å²) in [7, 11) is 5.88. The van der Waals surface area contributed by atoms with Gasteiger partial charge in [-0.05, 0) is 34.4 Å². The minimum absolute atomic E-state index is 0.0576. The van der Waals surface area contributed by atoms with Gasteiger partial charge in [0.1, 0.15) is 6.04 Å². The minimum Gasteiger partial charge on any atom is -0.344 e. The summed E-state index contributed by atoms with van der Waals surface area (Å²) in [5.41, 5.74) is -0.0576. The first-order valence-corrected chi connectivity index (χ1v) is 6.83.